The Kier molecular flexibility index (Phi) is 8.40. The molecule has 4 N–H and O–H groups in total. The SMILES string of the molecule is CCOc1cc(C(Nc2ccc3c(N)nccc3c2)C(=O)NS(=O)(=O)c2c(C)nn(C)c2Cl)ccc1OC(C)C. The molecule has 0 fully saturated rings. The maximum Gasteiger partial charge on any atom is 0.269 e. The van der Waals surface area contributed by atoms with E-state index in [1.54, 1.807) is 48.7 Å². The van der Waals surface area contributed by atoms with Gasteiger partial charge in [0.05, 0.1) is 18.4 Å². The van der Waals surface area contributed by atoms with Crippen LogP contribution in [-0.2, 0) is 21.9 Å². The molecule has 13 heteroatoms. The van der Waals surface area contributed by atoms with E-state index in [9.17, 15) is 13.2 Å². The van der Waals surface area contributed by atoms with Crippen LogP contribution in [0.4, 0.5) is 11.5 Å². The van der Waals surface area contributed by atoms with Crippen molar-refractivity contribution in [3.05, 3.63) is 65.1 Å². The lowest BCUT2D eigenvalue weighted by Crippen LogP contribution is -2.38. The molecule has 4 rings (SSSR count). The van der Waals surface area contributed by atoms with Crippen molar-refractivity contribution < 1.29 is 22.7 Å². The highest BCUT2D eigenvalue weighted by Gasteiger charge is 2.31. The number of amides is 1. The van der Waals surface area contributed by atoms with Crippen LogP contribution in [0.5, 0.6) is 11.5 Å². The quantitative estimate of drug-likeness (QED) is 0.246. The van der Waals surface area contributed by atoms with Crippen molar-refractivity contribution in [2.45, 2.75) is 44.7 Å². The summed E-state index contributed by atoms with van der Waals surface area (Å²) in [6.07, 6.45) is 1.47. The normalized spacial score (nSPS) is 12.4. The molecule has 2 heterocycles. The number of hydrogen-bond donors (Lipinski definition) is 3. The zero-order chi connectivity index (χ0) is 29.2. The minimum absolute atomic E-state index is 0.112. The Morgan fingerprint density at radius 3 is 2.55 bits per heavy atom. The Labute approximate surface area is 237 Å². The van der Waals surface area contributed by atoms with E-state index in [1.165, 1.54) is 18.7 Å². The molecule has 0 aliphatic rings. The molecule has 4 aromatic rings. The van der Waals surface area contributed by atoms with Gasteiger partial charge in [-0.1, -0.05) is 17.7 Å². The topological polar surface area (TPSA) is 150 Å². The second-order valence-corrected chi connectivity index (χ2v) is 11.3. The van der Waals surface area contributed by atoms with Crippen molar-refractivity contribution in [3.63, 3.8) is 0 Å². The van der Waals surface area contributed by atoms with Gasteiger partial charge < -0.3 is 20.5 Å². The van der Waals surface area contributed by atoms with Crippen LogP contribution in [0.1, 0.15) is 38.1 Å². The third kappa shape index (κ3) is 6.07. The number of benzene rings is 2. The van der Waals surface area contributed by atoms with E-state index in [0.29, 0.717) is 35.2 Å². The molecule has 0 aliphatic heterocycles. The summed E-state index contributed by atoms with van der Waals surface area (Å²) in [6, 6.07) is 10.9. The summed E-state index contributed by atoms with van der Waals surface area (Å²) in [5.74, 6) is 0.447. The number of halogens is 1. The van der Waals surface area contributed by atoms with E-state index in [1.807, 2.05) is 20.8 Å². The van der Waals surface area contributed by atoms with Crippen LogP contribution in [0.25, 0.3) is 10.8 Å². The summed E-state index contributed by atoms with van der Waals surface area (Å²) in [5.41, 5.74) is 7.13. The molecular formula is C27H31ClN6O5S. The van der Waals surface area contributed by atoms with Crippen molar-refractivity contribution in [3.8, 4) is 11.5 Å². The first-order valence-electron chi connectivity index (χ1n) is 12.5. The number of aryl methyl sites for hydroxylation is 2. The van der Waals surface area contributed by atoms with E-state index in [0.717, 1.165) is 10.8 Å². The first-order valence-corrected chi connectivity index (χ1v) is 14.4. The smallest absolute Gasteiger partial charge is 0.269 e. The van der Waals surface area contributed by atoms with Crippen LogP contribution in [0.3, 0.4) is 0 Å². The van der Waals surface area contributed by atoms with Crippen LogP contribution in [0.2, 0.25) is 5.15 Å². The van der Waals surface area contributed by atoms with Gasteiger partial charge in [0.1, 0.15) is 21.9 Å². The molecule has 11 nitrogen and oxygen atoms in total. The molecular weight excluding hydrogens is 556 g/mol. The number of ether oxygens (including phenoxy) is 2. The van der Waals surface area contributed by atoms with Gasteiger partial charge in [0.2, 0.25) is 0 Å². The lowest BCUT2D eigenvalue weighted by molar-refractivity contribution is -0.120. The third-order valence-electron chi connectivity index (χ3n) is 5.94. The standard InChI is InChI=1S/C27H31ClN6O5S/c1-6-38-22-14-18(7-10-21(22)39-15(2)3)23(31-19-8-9-20-17(13-19)11-12-30-26(20)29)27(35)33-40(36,37)24-16(4)32-34(5)25(24)28/h7-15,23,31H,6H2,1-5H3,(H2,29,30)(H,33,35). The summed E-state index contributed by atoms with van der Waals surface area (Å²) in [6.45, 7) is 7.46. The number of hydrogen-bond acceptors (Lipinski definition) is 9. The largest absolute Gasteiger partial charge is 0.490 e. The second kappa shape index (κ2) is 11.6. The number of fused-ring (bicyclic) bond motifs is 1. The van der Waals surface area contributed by atoms with Crippen molar-refractivity contribution in [2.75, 3.05) is 17.7 Å². The summed E-state index contributed by atoms with van der Waals surface area (Å²) in [5, 5.41) is 8.62. The number of sulfonamides is 1. The number of carbonyl (C=O) groups is 1. The van der Waals surface area contributed by atoms with Crippen molar-refractivity contribution in [1.82, 2.24) is 19.5 Å². The number of carbonyl (C=O) groups excluding carboxylic acids is 1. The van der Waals surface area contributed by atoms with Gasteiger partial charge >= 0.3 is 0 Å². The molecule has 1 atom stereocenters. The Balaban J connectivity index is 1.77. The molecule has 0 saturated carbocycles. The number of nitrogens with zero attached hydrogens (tertiary/aromatic N) is 3. The number of aromatic nitrogens is 3. The minimum Gasteiger partial charge on any atom is -0.490 e. The molecule has 1 amide bonds. The third-order valence-corrected chi connectivity index (χ3v) is 7.98. The monoisotopic (exact) mass is 586 g/mol. The highest BCUT2D eigenvalue weighted by Crippen LogP contribution is 2.34. The van der Waals surface area contributed by atoms with E-state index in [4.69, 9.17) is 26.8 Å². The van der Waals surface area contributed by atoms with Crippen LogP contribution in [0.15, 0.2) is 53.6 Å². The second-order valence-electron chi connectivity index (χ2n) is 9.31. The number of anilines is 2. The predicted octanol–water partition coefficient (Wildman–Crippen LogP) is 4.36. The molecule has 0 saturated heterocycles. The molecule has 212 valence electrons. The van der Waals surface area contributed by atoms with Crippen molar-refractivity contribution in [1.29, 1.82) is 0 Å². The van der Waals surface area contributed by atoms with Gasteiger partial charge in [-0.2, -0.15) is 5.10 Å². The minimum atomic E-state index is -4.37. The number of nitrogens with two attached hydrogens (primary N) is 1. The highest BCUT2D eigenvalue weighted by atomic mass is 35.5. The first-order chi connectivity index (χ1) is 18.9. The number of nitrogen functional groups attached to an aromatic ring is 1. The lowest BCUT2D eigenvalue weighted by atomic mass is 10.0. The summed E-state index contributed by atoms with van der Waals surface area (Å²) in [4.78, 5) is 17.5. The fraction of sp³-hybridized carbons (Fsp3) is 0.296. The number of rotatable bonds is 10. The summed E-state index contributed by atoms with van der Waals surface area (Å²) >= 11 is 6.20. The molecule has 2 aromatic heterocycles. The molecule has 1 unspecified atom stereocenters. The number of pyridine rings is 1. The first kappa shape index (κ1) is 29.0. The van der Waals surface area contributed by atoms with Gasteiger partial charge in [0.25, 0.3) is 15.9 Å². The Hall–Kier alpha value is -4.03. The van der Waals surface area contributed by atoms with E-state index in [2.05, 4.69) is 20.1 Å². The molecule has 0 radical (unpaired) electrons. The van der Waals surface area contributed by atoms with E-state index < -0.39 is 22.0 Å². The van der Waals surface area contributed by atoms with Crippen LogP contribution < -0.4 is 25.2 Å². The fourth-order valence-electron chi connectivity index (χ4n) is 4.24. The van der Waals surface area contributed by atoms with Crippen molar-refractivity contribution in [2.24, 2.45) is 7.05 Å². The molecule has 0 spiro atoms. The van der Waals surface area contributed by atoms with Gasteiger partial charge in [-0.15, -0.1) is 0 Å². The van der Waals surface area contributed by atoms with E-state index in [-0.39, 0.29) is 21.8 Å². The van der Waals surface area contributed by atoms with Crippen LogP contribution >= 0.6 is 11.6 Å². The zero-order valence-electron chi connectivity index (χ0n) is 22.7. The van der Waals surface area contributed by atoms with Crippen LogP contribution in [-0.4, -0.2) is 41.8 Å². The average Bonchev–Trinajstić information content (AvgIpc) is 3.14. The Morgan fingerprint density at radius 1 is 1.15 bits per heavy atom. The van der Waals surface area contributed by atoms with Crippen molar-refractivity contribution >= 4 is 49.8 Å². The van der Waals surface area contributed by atoms with Gasteiger partial charge in [-0.25, -0.2) is 18.1 Å². The van der Waals surface area contributed by atoms with Gasteiger partial charge in [-0.05, 0) is 75.0 Å². The Morgan fingerprint density at radius 2 is 1.90 bits per heavy atom. The average molecular weight is 587 g/mol. The van der Waals surface area contributed by atoms with Gasteiger partial charge in [0.15, 0.2) is 11.5 Å². The highest BCUT2D eigenvalue weighted by molar-refractivity contribution is 7.90. The van der Waals surface area contributed by atoms with Gasteiger partial charge in [0, 0.05) is 24.3 Å². The van der Waals surface area contributed by atoms with E-state index >= 15 is 0 Å². The maximum absolute atomic E-state index is 13.7. The molecule has 2 aromatic carbocycles. The summed E-state index contributed by atoms with van der Waals surface area (Å²) < 4.78 is 41.6. The zero-order valence-corrected chi connectivity index (χ0v) is 24.3. The lowest BCUT2D eigenvalue weighted by Gasteiger charge is -2.22. The van der Waals surface area contributed by atoms with Crippen LogP contribution in [0, 0.1) is 6.92 Å². The molecule has 40 heavy (non-hydrogen) atoms. The number of nitrogens with one attached hydrogen (secondary N) is 2. The van der Waals surface area contributed by atoms with Gasteiger partial charge in [-0.3, -0.25) is 9.48 Å². The predicted molar refractivity (Wildman–Crippen MR) is 154 cm³/mol. The fourth-order valence-corrected chi connectivity index (χ4v) is 5.99. The molecule has 0 bridgehead atoms. The maximum atomic E-state index is 13.7. The Bertz CT molecular complexity index is 1670. The molecule has 0 aliphatic carbocycles. The summed E-state index contributed by atoms with van der Waals surface area (Å²) in [7, 11) is -2.85.